The van der Waals surface area contributed by atoms with E-state index in [0.717, 1.165) is 5.56 Å². The number of aromatic nitrogens is 1. The first kappa shape index (κ1) is 14.0. The summed E-state index contributed by atoms with van der Waals surface area (Å²) >= 11 is 0. The summed E-state index contributed by atoms with van der Waals surface area (Å²) in [5.74, 6) is -1.09. The van der Waals surface area contributed by atoms with Gasteiger partial charge in [0.25, 0.3) is 0 Å². The van der Waals surface area contributed by atoms with Crippen molar-refractivity contribution in [3.8, 4) is 0 Å². The molecule has 1 atom stereocenters. The quantitative estimate of drug-likeness (QED) is 0.747. The summed E-state index contributed by atoms with van der Waals surface area (Å²) in [4.78, 5) is 14.9. The van der Waals surface area contributed by atoms with E-state index in [1.54, 1.807) is 12.1 Å². The van der Waals surface area contributed by atoms with Crippen LogP contribution in [0.15, 0.2) is 48.7 Å². The number of carbonyl (C=O) groups is 1. The SMILES string of the molecule is O=C(O)c1ncccc1NC(CO)Cc1ccccc1. The van der Waals surface area contributed by atoms with E-state index in [-0.39, 0.29) is 18.3 Å². The van der Waals surface area contributed by atoms with Crippen LogP contribution in [0.2, 0.25) is 0 Å². The van der Waals surface area contributed by atoms with Crippen LogP contribution in [0.5, 0.6) is 0 Å². The zero-order valence-electron chi connectivity index (χ0n) is 10.9. The maximum atomic E-state index is 11.1. The third-order valence-corrected chi connectivity index (χ3v) is 2.92. The molecule has 1 aromatic heterocycles. The molecule has 1 aromatic carbocycles. The second-order valence-corrected chi connectivity index (χ2v) is 4.42. The molecule has 0 amide bonds. The number of pyridine rings is 1. The number of anilines is 1. The number of carboxylic acid groups (broad SMARTS) is 1. The molecule has 5 nitrogen and oxygen atoms in total. The maximum Gasteiger partial charge on any atom is 0.356 e. The van der Waals surface area contributed by atoms with Gasteiger partial charge in [-0.2, -0.15) is 0 Å². The Balaban J connectivity index is 2.13. The molecule has 0 bridgehead atoms. The molecule has 5 heteroatoms. The Hall–Kier alpha value is -2.40. The average Bonchev–Trinajstić information content (AvgIpc) is 2.48. The van der Waals surface area contributed by atoms with Crippen molar-refractivity contribution in [2.45, 2.75) is 12.5 Å². The Labute approximate surface area is 116 Å². The maximum absolute atomic E-state index is 11.1. The van der Waals surface area contributed by atoms with Gasteiger partial charge in [-0.15, -0.1) is 0 Å². The van der Waals surface area contributed by atoms with Crippen LogP contribution in [0, 0.1) is 0 Å². The number of aliphatic hydroxyl groups excluding tert-OH is 1. The number of hydrogen-bond acceptors (Lipinski definition) is 4. The van der Waals surface area contributed by atoms with Crippen LogP contribution in [0.25, 0.3) is 0 Å². The Morgan fingerprint density at radius 1 is 1.20 bits per heavy atom. The van der Waals surface area contributed by atoms with Gasteiger partial charge in [-0.25, -0.2) is 9.78 Å². The van der Waals surface area contributed by atoms with E-state index < -0.39 is 5.97 Å². The van der Waals surface area contributed by atoms with Crippen molar-refractivity contribution in [1.29, 1.82) is 0 Å². The van der Waals surface area contributed by atoms with Gasteiger partial charge in [0.15, 0.2) is 5.69 Å². The lowest BCUT2D eigenvalue weighted by Crippen LogP contribution is -2.27. The van der Waals surface area contributed by atoms with Crippen molar-refractivity contribution in [2.75, 3.05) is 11.9 Å². The summed E-state index contributed by atoms with van der Waals surface area (Å²) in [6, 6.07) is 12.7. The molecule has 104 valence electrons. The third kappa shape index (κ3) is 3.55. The first-order valence-electron chi connectivity index (χ1n) is 6.30. The van der Waals surface area contributed by atoms with E-state index in [0.29, 0.717) is 12.1 Å². The molecule has 0 spiro atoms. The molecule has 0 aliphatic carbocycles. The van der Waals surface area contributed by atoms with Gasteiger partial charge in [-0.3, -0.25) is 0 Å². The number of aromatic carboxylic acids is 1. The number of carboxylic acids is 1. The number of aliphatic hydroxyl groups is 1. The minimum absolute atomic E-state index is 0.0426. The zero-order chi connectivity index (χ0) is 14.4. The number of hydrogen-bond donors (Lipinski definition) is 3. The lowest BCUT2D eigenvalue weighted by Gasteiger charge is -2.18. The van der Waals surface area contributed by atoms with Crippen LogP contribution in [0.1, 0.15) is 16.1 Å². The number of nitrogens with one attached hydrogen (secondary N) is 1. The summed E-state index contributed by atoms with van der Waals surface area (Å²) < 4.78 is 0. The van der Waals surface area contributed by atoms with E-state index in [1.165, 1.54) is 6.20 Å². The summed E-state index contributed by atoms with van der Waals surface area (Å²) in [6.07, 6.45) is 2.03. The van der Waals surface area contributed by atoms with Crippen molar-refractivity contribution < 1.29 is 15.0 Å². The fraction of sp³-hybridized carbons (Fsp3) is 0.200. The summed E-state index contributed by atoms with van der Waals surface area (Å²) in [5, 5.41) is 21.6. The largest absolute Gasteiger partial charge is 0.476 e. The highest BCUT2D eigenvalue weighted by Gasteiger charge is 2.15. The van der Waals surface area contributed by atoms with Gasteiger partial charge in [0.1, 0.15) is 0 Å². The van der Waals surface area contributed by atoms with E-state index in [4.69, 9.17) is 5.11 Å². The van der Waals surface area contributed by atoms with Gasteiger partial charge in [-0.05, 0) is 24.1 Å². The molecule has 1 heterocycles. The molecular formula is C15H16N2O3. The predicted octanol–water partition coefficient (Wildman–Crippen LogP) is 1.80. The zero-order valence-corrected chi connectivity index (χ0v) is 10.9. The van der Waals surface area contributed by atoms with Crippen LogP contribution in [0.4, 0.5) is 5.69 Å². The molecule has 20 heavy (non-hydrogen) atoms. The molecule has 2 aromatic rings. The topological polar surface area (TPSA) is 82.5 Å². The lowest BCUT2D eigenvalue weighted by molar-refractivity contribution is 0.0691. The minimum Gasteiger partial charge on any atom is -0.476 e. The molecule has 0 saturated heterocycles. The van der Waals surface area contributed by atoms with Gasteiger partial charge in [-0.1, -0.05) is 30.3 Å². The normalized spacial score (nSPS) is 11.8. The van der Waals surface area contributed by atoms with Crippen molar-refractivity contribution in [3.63, 3.8) is 0 Å². The molecule has 2 rings (SSSR count). The number of rotatable bonds is 6. The van der Waals surface area contributed by atoms with Gasteiger partial charge in [0.05, 0.1) is 18.3 Å². The molecule has 1 unspecified atom stereocenters. The van der Waals surface area contributed by atoms with Crippen LogP contribution in [0.3, 0.4) is 0 Å². The molecular weight excluding hydrogens is 256 g/mol. The fourth-order valence-corrected chi connectivity index (χ4v) is 1.97. The first-order chi connectivity index (χ1) is 9.70. The average molecular weight is 272 g/mol. The van der Waals surface area contributed by atoms with Crippen LogP contribution in [-0.4, -0.2) is 33.8 Å². The third-order valence-electron chi connectivity index (χ3n) is 2.92. The minimum atomic E-state index is -1.09. The molecule has 3 N–H and O–H groups in total. The molecule has 0 aliphatic heterocycles. The van der Waals surface area contributed by atoms with Crippen LogP contribution < -0.4 is 5.32 Å². The number of benzene rings is 1. The second-order valence-electron chi connectivity index (χ2n) is 4.42. The summed E-state index contributed by atoms with van der Waals surface area (Å²) in [5.41, 5.74) is 1.44. The van der Waals surface area contributed by atoms with Crippen molar-refractivity contribution in [3.05, 3.63) is 59.9 Å². The van der Waals surface area contributed by atoms with E-state index in [9.17, 15) is 9.90 Å². The van der Waals surface area contributed by atoms with E-state index >= 15 is 0 Å². The van der Waals surface area contributed by atoms with E-state index in [1.807, 2.05) is 30.3 Å². The Morgan fingerprint density at radius 3 is 2.60 bits per heavy atom. The van der Waals surface area contributed by atoms with Gasteiger partial charge in [0.2, 0.25) is 0 Å². The molecule has 0 saturated carbocycles. The van der Waals surface area contributed by atoms with Gasteiger partial charge < -0.3 is 15.5 Å². The number of nitrogens with zero attached hydrogens (tertiary/aromatic N) is 1. The first-order valence-corrected chi connectivity index (χ1v) is 6.30. The van der Waals surface area contributed by atoms with E-state index in [2.05, 4.69) is 10.3 Å². The van der Waals surface area contributed by atoms with Crippen molar-refractivity contribution >= 4 is 11.7 Å². The lowest BCUT2D eigenvalue weighted by atomic mass is 10.1. The predicted molar refractivity (Wildman–Crippen MR) is 75.8 cm³/mol. The Morgan fingerprint density at radius 2 is 1.95 bits per heavy atom. The van der Waals surface area contributed by atoms with Gasteiger partial charge in [0, 0.05) is 6.20 Å². The van der Waals surface area contributed by atoms with Crippen molar-refractivity contribution in [2.24, 2.45) is 0 Å². The fourth-order valence-electron chi connectivity index (χ4n) is 1.97. The van der Waals surface area contributed by atoms with Gasteiger partial charge >= 0.3 is 5.97 Å². The molecule has 0 aliphatic rings. The standard InChI is InChI=1S/C15H16N2O3/c18-10-12(9-11-5-2-1-3-6-11)17-13-7-4-8-16-14(13)15(19)20/h1-8,12,17-18H,9-10H2,(H,19,20). The highest BCUT2D eigenvalue weighted by atomic mass is 16.4. The molecule has 0 radical (unpaired) electrons. The molecule has 0 fully saturated rings. The Bertz CT molecular complexity index is 572. The highest BCUT2D eigenvalue weighted by molar-refractivity contribution is 5.91. The van der Waals surface area contributed by atoms with Crippen molar-refractivity contribution in [1.82, 2.24) is 4.98 Å². The Kier molecular flexibility index (Phi) is 4.68. The van der Waals surface area contributed by atoms with Crippen LogP contribution in [-0.2, 0) is 6.42 Å². The summed E-state index contributed by atoms with van der Waals surface area (Å²) in [7, 11) is 0. The summed E-state index contributed by atoms with van der Waals surface area (Å²) in [6.45, 7) is -0.0944. The smallest absolute Gasteiger partial charge is 0.356 e. The van der Waals surface area contributed by atoms with Crippen LogP contribution >= 0.6 is 0 Å². The monoisotopic (exact) mass is 272 g/mol. The second kappa shape index (κ2) is 6.68. The highest BCUT2D eigenvalue weighted by Crippen LogP contribution is 2.15.